The van der Waals surface area contributed by atoms with Gasteiger partial charge < -0.3 is 5.32 Å². The van der Waals surface area contributed by atoms with Crippen molar-refractivity contribution in [2.45, 2.75) is 0 Å². The molecular formula is C18H11ClN6O3S. The molecule has 0 saturated carbocycles. The lowest BCUT2D eigenvalue weighted by molar-refractivity contribution is -0.384. The fourth-order valence-electron chi connectivity index (χ4n) is 2.54. The lowest BCUT2D eigenvalue weighted by Gasteiger charge is -2.04. The number of nitrogens with zero attached hydrogens (tertiary/aromatic N) is 5. The summed E-state index contributed by atoms with van der Waals surface area (Å²) in [4.78, 5) is 23.3. The smallest absolute Gasteiger partial charge is 0.288 e. The summed E-state index contributed by atoms with van der Waals surface area (Å²) in [6.07, 6.45) is 4.29. The molecule has 11 heteroatoms. The number of hydrogen-bond acceptors (Lipinski definition) is 7. The van der Waals surface area contributed by atoms with Gasteiger partial charge in [-0.25, -0.2) is 0 Å². The second kappa shape index (κ2) is 7.78. The van der Waals surface area contributed by atoms with Crippen LogP contribution in [0.5, 0.6) is 0 Å². The third-order valence-electron chi connectivity index (χ3n) is 3.86. The molecule has 2 aromatic carbocycles. The van der Waals surface area contributed by atoms with Gasteiger partial charge in [0.05, 0.1) is 4.92 Å². The summed E-state index contributed by atoms with van der Waals surface area (Å²) < 4.78 is 1.58. The number of amides is 1. The third kappa shape index (κ3) is 4.13. The average molecular weight is 427 g/mol. The number of benzene rings is 2. The number of anilines is 1. The van der Waals surface area contributed by atoms with E-state index in [1.165, 1.54) is 41.9 Å². The second-order valence-electron chi connectivity index (χ2n) is 5.84. The number of nitro groups is 1. The van der Waals surface area contributed by atoms with Crippen molar-refractivity contribution >= 4 is 51.3 Å². The second-order valence-corrected chi connectivity index (χ2v) is 7.20. The Bertz CT molecular complexity index is 1240. The van der Waals surface area contributed by atoms with Gasteiger partial charge in [0, 0.05) is 23.4 Å². The van der Waals surface area contributed by atoms with Gasteiger partial charge in [-0.05, 0) is 29.8 Å². The lowest BCUT2D eigenvalue weighted by Crippen LogP contribution is -2.07. The van der Waals surface area contributed by atoms with E-state index in [1.807, 2.05) is 6.07 Å². The Balaban J connectivity index is 1.49. The molecule has 0 radical (unpaired) electrons. The first-order valence-corrected chi connectivity index (χ1v) is 9.39. The molecule has 29 heavy (non-hydrogen) atoms. The molecule has 0 unspecified atom stereocenters. The fourth-order valence-corrected chi connectivity index (χ4v) is 3.54. The Morgan fingerprint density at radius 3 is 2.93 bits per heavy atom. The van der Waals surface area contributed by atoms with Crippen molar-refractivity contribution in [2.24, 2.45) is 0 Å². The first kappa shape index (κ1) is 18.7. The molecule has 0 aliphatic carbocycles. The molecule has 0 aliphatic heterocycles. The van der Waals surface area contributed by atoms with Crippen LogP contribution in [0, 0.1) is 10.1 Å². The molecule has 2 heterocycles. The molecule has 0 atom stereocenters. The molecule has 1 N–H and O–H groups in total. The van der Waals surface area contributed by atoms with Crippen molar-refractivity contribution < 1.29 is 9.72 Å². The molecule has 2 aromatic heterocycles. The maximum atomic E-state index is 12.2. The highest BCUT2D eigenvalue weighted by molar-refractivity contribution is 7.19. The van der Waals surface area contributed by atoms with Crippen molar-refractivity contribution in [3.63, 3.8) is 0 Å². The molecule has 0 spiro atoms. The predicted octanol–water partition coefficient (Wildman–Crippen LogP) is 4.07. The van der Waals surface area contributed by atoms with Crippen LogP contribution in [0.1, 0.15) is 5.56 Å². The minimum absolute atomic E-state index is 0.0406. The van der Waals surface area contributed by atoms with Gasteiger partial charge >= 0.3 is 0 Å². The summed E-state index contributed by atoms with van der Waals surface area (Å²) in [7, 11) is 0. The number of nitro benzene ring substituents is 1. The number of aromatic nitrogens is 4. The number of nitrogens with one attached hydrogen (secondary N) is 1. The summed E-state index contributed by atoms with van der Waals surface area (Å²) in [6.45, 7) is 0. The van der Waals surface area contributed by atoms with E-state index in [-0.39, 0.29) is 16.6 Å². The minimum atomic E-state index is -0.572. The number of fused-ring (bicyclic) bond motifs is 1. The van der Waals surface area contributed by atoms with Crippen molar-refractivity contribution in [1.82, 2.24) is 19.8 Å². The molecule has 144 valence electrons. The van der Waals surface area contributed by atoms with Gasteiger partial charge in [-0.2, -0.15) is 9.61 Å². The van der Waals surface area contributed by atoms with Crippen LogP contribution in [0.4, 0.5) is 11.4 Å². The van der Waals surface area contributed by atoms with E-state index in [9.17, 15) is 14.9 Å². The Morgan fingerprint density at radius 1 is 1.28 bits per heavy atom. The monoisotopic (exact) mass is 426 g/mol. The van der Waals surface area contributed by atoms with Gasteiger partial charge in [-0.15, -0.1) is 10.2 Å². The Labute approximate surface area is 172 Å². The molecule has 0 saturated heterocycles. The number of hydrogen-bond donors (Lipinski definition) is 1. The molecule has 9 nitrogen and oxygen atoms in total. The average Bonchev–Trinajstić information content (AvgIpc) is 3.29. The van der Waals surface area contributed by atoms with Gasteiger partial charge in [-0.1, -0.05) is 41.1 Å². The van der Waals surface area contributed by atoms with Crippen molar-refractivity contribution in [3.05, 3.63) is 75.6 Å². The van der Waals surface area contributed by atoms with Crippen LogP contribution in [0.15, 0.2) is 54.9 Å². The van der Waals surface area contributed by atoms with Crippen molar-refractivity contribution in [2.75, 3.05) is 5.32 Å². The lowest BCUT2D eigenvalue weighted by atomic mass is 10.2. The largest absolute Gasteiger partial charge is 0.322 e. The van der Waals surface area contributed by atoms with Gasteiger partial charge in [0.1, 0.15) is 16.4 Å². The molecule has 1 amide bonds. The van der Waals surface area contributed by atoms with E-state index in [0.717, 1.165) is 10.6 Å². The first-order chi connectivity index (χ1) is 14.0. The van der Waals surface area contributed by atoms with Crippen LogP contribution in [-0.2, 0) is 4.79 Å². The maximum Gasteiger partial charge on any atom is 0.288 e. The van der Waals surface area contributed by atoms with Crippen LogP contribution in [0.2, 0.25) is 5.02 Å². The quantitative estimate of drug-likeness (QED) is 0.292. The van der Waals surface area contributed by atoms with E-state index in [0.29, 0.717) is 16.2 Å². The molecule has 4 aromatic rings. The summed E-state index contributed by atoms with van der Waals surface area (Å²) in [5.41, 5.74) is 1.69. The Morgan fingerprint density at radius 2 is 2.14 bits per heavy atom. The Kier molecular flexibility index (Phi) is 5.02. The van der Waals surface area contributed by atoms with Crippen LogP contribution < -0.4 is 5.32 Å². The van der Waals surface area contributed by atoms with Crippen LogP contribution >= 0.6 is 22.9 Å². The van der Waals surface area contributed by atoms with Gasteiger partial charge in [-0.3, -0.25) is 14.9 Å². The summed E-state index contributed by atoms with van der Waals surface area (Å²) in [6, 6.07) is 11.5. The normalized spacial score (nSPS) is 11.2. The Hall–Kier alpha value is -3.63. The number of rotatable bonds is 5. The SMILES string of the molecule is O=C(/C=C/c1ccc(Cl)c([N+](=O)[O-])c1)Nc1cccc(-c2nn3cnnc3s2)c1. The predicted molar refractivity (Wildman–Crippen MR) is 110 cm³/mol. The van der Waals surface area contributed by atoms with Crippen LogP contribution in [0.25, 0.3) is 21.6 Å². The highest BCUT2D eigenvalue weighted by Gasteiger charge is 2.12. The highest BCUT2D eigenvalue weighted by atomic mass is 35.5. The fraction of sp³-hybridized carbons (Fsp3) is 0. The van der Waals surface area contributed by atoms with E-state index < -0.39 is 4.92 Å². The molecule has 0 aliphatic rings. The van der Waals surface area contributed by atoms with Gasteiger partial charge in [0.25, 0.3) is 5.69 Å². The summed E-state index contributed by atoms with van der Waals surface area (Å²) in [5.74, 6) is -0.377. The molecule has 4 rings (SSSR count). The van der Waals surface area contributed by atoms with Gasteiger partial charge in [0.2, 0.25) is 10.9 Å². The maximum absolute atomic E-state index is 12.2. The summed E-state index contributed by atoms with van der Waals surface area (Å²) >= 11 is 7.17. The molecular weight excluding hydrogens is 416 g/mol. The third-order valence-corrected chi connectivity index (χ3v) is 5.14. The zero-order valence-corrected chi connectivity index (χ0v) is 16.1. The van der Waals surface area contributed by atoms with Crippen LogP contribution in [-0.4, -0.2) is 30.6 Å². The van der Waals surface area contributed by atoms with E-state index in [1.54, 1.807) is 28.8 Å². The minimum Gasteiger partial charge on any atom is -0.322 e. The number of halogens is 1. The van der Waals surface area contributed by atoms with Gasteiger partial charge in [0.15, 0.2) is 0 Å². The molecule has 0 fully saturated rings. The molecule has 0 bridgehead atoms. The van der Waals surface area contributed by atoms with E-state index >= 15 is 0 Å². The van der Waals surface area contributed by atoms with Crippen molar-refractivity contribution in [1.29, 1.82) is 0 Å². The zero-order valence-electron chi connectivity index (χ0n) is 14.5. The first-order valence-electron chi connectivity index (χ1n) is 8.20. The standard InChI is InChI=1S/C18H11ClN6O3S/c19-14-6-4-11(8-15(14)25(27)28)5-7-16(26)21-13-3-1-2-12(9-13)17-23-24-10-20-22-18(24)29-17/h1-10H,(H,21,26)/b7-5+. The number of carbonyl (C=O) groups is 1. The number of carbonyl (C=O) groups excluding carboxylic acids is 1. The zero-order chi connectivity index (χ0) is 20.4. The topological polar surface area (TPSA) is 115 Å². The highest BCUT2D eigenvalue weighted by Crippen LogP contribution is 2.27. The van der Waals surface area contributed by atoms with Crippen LogP contribution in [0.3, 0.4) is 0 Å². The van der Waals surface area contributed by atoms with Crippen molar-refractivity contribution in [3.8, 4) is 10.6 Å². The summed E-state index contributed by atoms with van der Waals surface area (Å²) in [5, 5.41) is 26.6. The van der Waals surface area contributed by atoms with E-state index in [2.05, 4.69) is 20.6 Å². The van der Waals surface area contributed by atoms with E-state index in [4.69, 9.17) is 11.6 Å².